The van der Waals surface area contributed by atoms with Crippen LogP contribution >= 0.6 is 0 Å². The molecule has 0 unspecified atom stereocenters. The number of hydrogen-bond acceptors (Lipinski definition) is 3. The Morgan fingerprint density at radius 1 is 0.455 bits per heavy atom. The minimum Gasteiger partial charge on any atom is -0.236 e. The Morgan fingerprint density at radius 3 is 1.27 bits per heavy atom. The molecule has 5 rings (SSSR count). The quantitative estimate of drug-likeness (QED) is 0.325. The van der Waals surface area contributed by atoms with Crippen molar-refractivity contribution in [2.45, 2.75) is 13.8 Å². The minimum absolute atomic E-state index is 0.625. The Labute approximate surface area is 202 Å². The third kappa shape index (κ3) is 4.78. The van der Waals surface area contributed by atoms with Gasteiger partial charge in [0, 0.05) is 15.8 Å². The Balaban J connectivity index is 1.61. The van der Waals surface area contributed by atoms with Gasteiger partial charge in [0.2, 0.25) is 16.3 Å². The van der Waals surface area contributed by atoms with Crippen LogP contribution in [0.5, 0.6) is 0 Å². The number of aromatic nitrogens is 3. The van der Waals surface area contributed by atoms with E-state index in [2.05, 4.69) is 125 Å². The van der Waals surface area contributed by atoms with Gasteiger partial charge < -0.3 is 0 Å². The summed E-state index contributed by atoms with van der Waals surface area (Å²) in [5, 5.41) is 0. The summed E-state index contributed by atoms with van der Waals surface area (Å²) >= 11 is 2.63. The van der Waals surface area contributed by atoms with Gasteiger partial charge in [-0.15, -0.1) is 0 Å². The van der Waals surface area contributed by atoms with Crippen LogP contribution in [-0.4, -0.2) is 31.2 Å². The Kier molecular flexibility index (Phi) is 5.88. The van der Waals surface area contributed by atoms with Crippen molar-refractivity contribution in [1.29, 1.82) is 0 Å². The van der Waals surface area contributed by atoms with Crippen molar-refractivity contribution in [1.82, 2.24) is 15.0 Å². The maximum absolute atomic E-state index is 4.89. The molecule has 0 amide bonds. The zero-order chi connectivity index (χ0) is 22.8. The Morgan fingerprint density at radius 2 is 0.848 bits per heavy atom. The number of rotatable bonds is 4. The molecule has 2 radical (unpaired) electrons. The van der Waals surface area contributed by atoms with E-state index in [1.165, 1.54) is 22.3 Å². The highest BCUT2D eigenvalue weighted by Gasteiger charge is 2.12. The third-order valence-electron chi connectivity index (χ3n) is 5.54. The molecule has 0 saturated carbocycles. The maximum Gasteiger partial charge on any atom is 0.244 e. The van der Waals surface area contributed by atoms with Gasteiger partial charge in [0.1, 0.15) is 0 Å². The molecule has 0 N–H and O–H groups in total. The number of aryl methyl sites for hydroxylation is 2. The van der Waals surface area contributed by atoms with Crippen LogP contribution in [0.15, 0.2) is 97.1 Å². The van der Waals surface area contributed by atoms with Crippen molar-refractivity contribution in [3.8, 4) is 45.0 Å². The van der Waals surface area contributed by atoms with E-state index < -0.39 is 0 Å². The third-order valence-corrected chi connectivity index (χ3v) is 5.80. The van der Waals surface area contributed by atoms with E-state index in [4.69, 9.17) is 4.98 Å². The lowest BCUT2D eigenvalue weighted by molar-refractivity contribution is 1.11. The fourth-order valence-corrected chi connectivity index (χ4v) is 4.31. The molecule has 3 nitrogen and oxygen atoms in total. The van der Waals surface area contributed by atoms with Crippen LogP contribution < -0.4 is 4.69 Å². The van der Waals surface area contributed by atoms with Gasteiger partial charge in [-0.3, -0.25) is 0 Å². The monoisotopic (exact) mass is 439 g/mol. The first-order chi connectivity index (χ1) is 16.0. The molecule has 33 heavy (non-hydrogen) atoms. The smallest absolute Gasteiger partial charge is 0.236 e. The predicted molar refractivity (Wildman–Crippen MR) is 136 cm³/mol. The molecule has 0 saturated heterocycles. The first-order valence-corrected chi connectivity index (χ1v) is 11.5. The fraction of sp³-hybridized carbons (Fsp3) is 0.0690. The van der Waals surface area contributed by atoms with Crippen molar-refractivity contribution in [3.63, 3.8) is 0 Å². The molecule has 1 heterocycles. The first kappa shape index (κ1) is 21.3. The van der Waals surface area contributed by atoms with Crippen LogP contribution in [0, 0.1) is 13.8 Å². The zero-order valence-electron chi connectivity index (χ0n) is 18.7. The summed E-state index contributed by atoms with van der Waals surface area (Å²) in [6, 6.07) is 33.7. The van der Waals surface area contributed by atoms with Crippen LogP contribution in [-0.2, 0) is 0 Å². The van der Waals surface area contributed by atoms with Gasteiger partial charge in [0.05, 0.1) is 0 Å². The second kappa shape index (κ2) is 9.12. The number of benzene rings is 4. The van der Waals surface area contributed by atoms with Crippen LogP contribution in [0.25, 0.3) is 45.0 Å². The molecule has 4 heteroatoms. The fourth-order valence-electron chi connectivity index (χ4n) is 4.07. The topological polar surface area (TPSA) is 38.7 Å². The van der Waals surface area contributed by atoms with Crippen LogP contribution in [0.2, 0.25) is 0 Å². The van der Waals surface area contributed by atoms with Crippen molar-refractivity contribution in [3.05, 3.63) is 108 Å². The van der Waals surface area contributed by atoms with Gasteiger partial charge in [-0.05, 0) is 71.5 Å². The summed E-state index contributed by atoms with van der Waals surface area (Å²) in [5.74, 6) is 1.35. The van der Waals surface area contributed by atoms with E-state index in [-0.39, 0.29) is 0 Å². The lowest BCUT2D eigenvalue weighted by Gasteiger charge is -2.11. The Hall–Kier alpha value is -3.58. The van der Waals surface area contributed by atoms with Crippen molar-refractivity contribution in [2.24, 2.45) is 0 Å². The highest BCUT2D eigenvalue weighted by Crippen LogP contribution is 2.29. The molecule has 0 aliphatic carbocycles. The molecule has 4 aromatic carbocycles. The number of hydrogen-bond donors (Lipinski definition) is 0. The van der Waals surface area contributed by atoms with Gasteiger partial charge in [-0.1, -0.05) is 72.8 Å². The molecule has 0 aliphatic heterocycles. The second-order valence-electron chi connectivity index (χ2n) is 8.25. The summed E-state index contributed by atoms with van der Waals surface area (Å²) in [7, 11) is 0. The van der Waals surface area contributed by atoms with E-state index in [1.54, 1.807) is 0 Å². The molecular weight excluding hydrogens is 417 g/mol. The standard InChI is InChI=1S/C29H22N3.Al/c1-20-13-24(22-9-5-3-6-10-22)17-26(15-20)28-30-19-31-29(32-28)27-16-21(2)14-25(18-27)23-11-7-4-8-12-23;/h3-18H,1-2H3;. The van der Waals surface area contributed by atoms with Crippen LogP contribution in [0.4, 0.5) is 0 Å². The SMILES string of the molecule is Cc1cc(-c2ccccc2)cc(-c2n[c]([Al])nc(-c3cc(C)cc(-c4ccccc4)c3)n2)c1. The molecule has 0 atom stereocenters. The molecule has 0 spiro atoms. The summed E-state index contributed by atoms with van der Waals surface area (Å²) in [6.45, 7) is 4.21. The van der Waals surface area contributed by atoms with Crippen LogP contribution in [0.3, 0.4) is 0 Å². The average Bonchev–Trinajstić information content (AvgIpc) is 2.84. The van der Waals surface area contributed by atoms with E-state index in [0.717, 1.165) is 22.3 Å². The van der Waals surface area contributed by atoms with Crippen molar-refractivity contribution >= 4 is 21.0 Å². The average molecular weight is 439 g/mol. The van der Waals surface area contributed by atoms with Gasteiger partial charge in [0.15, 0.2) is 11.6 Å². The summed E-state index contributed by atoms with van der Waals surface area (Å²) < 4.78 is 0.625. The first-order valence-electron chi connectivity index (χ1n) is 10.9. The Bertz CT molecular complexity index is 1320. The minimum atomic E-state index is 0.625. The predicted octanol–water partition coefficient (Wildman–Crippen LogP) is 5.95. The lowest BCUT2D eigenvalue weighted by atomic mass is 9.99. The van der Waals surface area contributed by atoms with Gasteiger partial charge in [-0.25, -0.2) is 15.0 Å². The molecular formula is C29H22AlN3. The molecule has 0 bridgehead atoms. The van der Waals surface area contributed by atoms with E-state index >= 15 is 0 Å². The van der Waals surface area contributed by atoms with Crippen molar-refractivity contribution < 1.29 is 0 Å². The van der Waals surface area contributed by atoms with E-state index in [1.807, 2.05) is 12.1 Å². The zero-order valence-corrected chi connectivity index (χ0v) is 19.8. The van der Waals surface area contributed by atoms with Crippen LogP contribution in [0.1, 0.15) is 11.1 Å². The summed E-state index contributed by atoms with van der Waals surface area (Å²) in [4.78, 5) is 14.2. The van der Waals surface area contributed by atoms with E-state index in [0.29, 0.717) is 16.3 Å². The largest absolute Gasteiger partial charge is 0.244 e. The van der Waals surface area contributed by atoms with Gasteiger partial charge >= 0.3 is 0 Å². The molecule has 0 fully saturated rings. The number of nitrogens with zero attached hydrogens (tertiary/aromatic N) is 3. The lowest BCUT2D eigenvalue weighted by Crippen LogP contribution is -2.17. The molecule has 5 aromatic rings. The maximum atomic E-state index is 4.89. The second-order valence-corrected chi connectivity index (χ2v) is 8.76. The highest BCUT2D eigenvalue weighted by atomic mass is 27.0. The normalized spacial score (nSPS) is 10.8. The molecule has 1 aromatic heterocycles. The van der Waals surface area contributed by atoms with Gasteiger partial charge in [0.25, 0.3) is 0 Å². The summed E-state index contributed by atoms with van der Waals surface area (Å²) in [5.41, 5.74) is 8.96. The van der Waals surface area contributed by atoms with E-state index in [9.17, 15) is 0 Å². The van der Waals surface area contributed by atoms with Crippen molar-refractivity contribution in [2.75, 3.05) is 0 Å². The van der Waals surface area contributed by atoms with Gasteiger partial charge in [-0.2, -0.15) is 0 Å². The highest BCUT2D eigenvalue weighted by molar-refractivity contribution is 6.29. The molecule has 156 valence electrons. The molecule has 0 aliphatic rings. The summed E-state index contributed by atoms with van der Waals surface area (Å²) in [6.07, 6.45) is 0.